The van der Waals surface area contributed by atoms with Crippen LogP contribution in [0, 0.1) is 13.8 Å². The van der Waals surface area contributed by atoms with Crippen molar-refractivity contribution < 1.29 is 10.2 Å². The van der Waals surface area contributed by atoms with E-state index < -0.39 is 0 Å². The van der Waals surface area contributed by atoms with Gasteiger partial charge in [0, 0.05) is 11.1 Å². The van der Waals surface area contributed by atoms with Gasteiger partial charge in [0.15, 0.2) is 0 Å². The zero-order valence-corrected chi connectivity index (χ0v) is 16.2. The molecule has 0 atom stereocenters. The molecular formula is C22H30O2. The molecule has 2 N–H and O–H groups in total. The van der Waals surface area contributed by atoms with Gasteiger partial charge in [-0.15, -0.1) is 0 Å². The Labute approximate surface area is 146 Å². The summed E-state index contributed by atoms with van der Waals surface area (Å²) >= 11 is 0. The van der Waals surface area contributed by atoms with Gasteiger partial charge in [-0.25, -0.2) is 0 Å². The minimum atomic E-state index is -0.0283. The lowest BCUT2D eigenvalue weighted by Crippen LogP contribution is -2.12. The van der Waals surface area contributed by atoms with Crippen LogP contribution in [-0.4, -0.2) is 10.2 Å². The number of aryl methyl sites for hydroxylation is 2. The summed E-state index contributed by atoms with van der Waals surface area (Å²) < 4.78 is 0. The smallest absolute Gasteiger partial charge is 0.126 e. The minimum Gasteiger partial charge on any atom is -0.507 e. The molecule has 130 valence electrons. The van der Waals surface area contributed by atoms with Crippen molar-refractivity contribution in [2.24, 2.45) is 0 Å². The average Bonchev–Trinajstić information content (AvgIpc) is 2.42. The van der Waals surface area contributed by atoms with Gasteiger partial charge in [-0.1, -0.05) is 53.7 Å². The Bertz CT molecular complexity index is 705. The van der Waals surface area contributed by atoms with E-state index in [0.717, 1.165) is 22.3 Å². The van der Waals surface area contributed by atoms with E-state index in [4.69, 9.17) is 0 Å². The van der Waals surface area contributed by atoms with Crippen molar-refractivity contribution in [1.29, 1.82) is 0 Å². The van der Waals surface area contributed by atoms with Crippen LogP contribution >= 0.6 is 0 Å². The number of hydrogen-bond donors (Lipinski definition) is 2. The zero-order valence-electron chi connectivity index (χ0n) is 16.2. The van der Waals surface area contributed by atoms with Crippen LogP contribution in [-0.2, 0) is 10.8 Å². The standard InChI is InChI=1S/C22H30O2/c1-13-9-15(21(3,4)5)11-17(19(13)23)18-12-16(22(6,7)8)10-14(2)20(18)24/h9-12,23-24H,1-8H3. The second-order valence-corrected chi connectivity index (χ2v) is 8.88. The van der Waals surface area contributed by atoms with Crippen molar-refractivity contribution in [2.75, 3.05) is 0 Å². The van der Waals surface area contributed by atoms with Crippen molar-refractivity contribution in [3.05, 3.63) is 46.5 Å². The molecule has 0 bridgehead atoms. The maximum absolute atomic E-state index is 10.6. The molecule has 0 aliphatic carbocycles. The van der Waals surface area contributed by atoms with Gasteiger partial charge < -0.3 is 10.2 Å². The van der Waals surface area contributed by atoms with Crippen LogP contribution in [0.2, 0.25) is 0 Å². The molecule has 24 heavy (non-hydrogen) atoms. The summed E-state index contributed by atoms with van der Waals surface area (Å²) in [4.78, 5) is 0. The highest BCUT2D eigenvalue weighted by Gasteiger charge is 2.22. The topological polar surface area (TPSA) is 40.5 Å². The van der Waals surface area contributed by atoms with E-state index in [-0.39, 0.29) is 22.3 Å². The van der Waals surface area contributed by atoms with Crippen molar-refractivity contribution in [3.8, 4) is 22.6 Å². The number of phenolic OH excluding ortho intramolecular Hbond substituents is 2. The van der Waals surface area contributed by atoms with Crippen LogP contribution in [0.15, 0.2) is 24.3 Å². The maximum Gasteiger partial charge on any atom is 0.126 e. The highest BCUT2D eigenvalue weighted by atomic mass is 16.3. The van der Waals surface area contributed by atoms with Gasteiger partial charge in [0.25, 0.3) is 0 Å². The number of benzene rings is 2. The Morgan fingerprint density at radius 3 is 1.12 bits per heavy atom. The predicted octanol–water partition coefficient (Wildman–Crippen LogP) is 5.98. The van der Waals surface area contributed by atoms with Crippen LogP contribution in [0.4, 0.5) is 0 Å². The summed E-state index contributed by atoms with van der Waals surface area (Å²) in [6, 6.07) is 8.05. The largest absolute Gasteiger partial charge is 0.507 e. The number of rotatable bonds is 1. The Balaban J connectivity index is 2.81. The first-order chi connectivity index (χ1) is 10.8. The first kappa shape index (κ1) is 18.4. The van der Waals surface area contributed by atoms with Crippen LogP contribution in [0.25, 0.3) is 11.1 Å². The normalized spacial score (nSPS) is 12.5. The van der Waals surface area contributed by atoms with Crippen LogP contribution in [0.3, 0.4) is 0 Å². The quantitative estimate of drug-likeness (QED) is 0.677. The van der Waals surface area contributed by atoms with Gasteiger partial charge in [-0.2, -0.15) is 0 Å². The summed E-state index contributed by atoms with van der Waals surface area (Å²) in [5, 5.41) is 21.3. The lowest BCUT2D eigenvalue weighted by molar-refractivity contribution is 0.463. The van der Waals surface area contributed by atoms with Crippen molar-refractivity contribution in [1.82, 2.24) is 0 Å². The Morgan fingerprint density at radius 1 is 0.583 bits per heavy atom. The van der Waals surface area contributed by atoms with Gasteiger partial charge in [-0.05, 0) is 59.1 Å². The van der Waals surface area contributed by atoms with Crippen molar-refractivity contribution in [2.45, 2.75) is 66.2 Å². The van der Waals surface area contributed by atoms with Crippen LogP contribution in [0.5, 0.6) is 11.5 Å². The molecule has 0 heterocycles. The van der Waals surface area contributed by atoms with Crippen LogP contribution in [0.1, 0.15) is 63.8 Å². The zero-order chi connectivity index (χ0) is 18.4. The Kier molecular flexibility index (Phi) is 4.47. The molecule has 0 saturated carbocycles. The third-order valence-corrected chi connectivity index (χ3v) is 4.62. The molecule has 2 aromatic carbocycles. The molecule has 2 heteroatoms. The predicted molar refractivity (Wildman–Crippen MR) is 102 cm³/mol. The van der Waals surface area contributed by atoms with Crippen LogP contribution < -0.4 is 0 Å². The molecule has 0 unspecified atom stereocenters. The molecule has 0 aliphatic heterocycles. The molecule has 2 aromatic rings. The van der Waals surface area contributed by atoms with E-state index in [9.17, 15) is 10.2 Å². The minimum absolute atomic E-state index is 0.0283. The number of phenols is 2. The van der Waals surface area contributed by atoms with Gasteiger partial charge >= 0.3 is 0 Å². The van der Waals surface area contributed by atoms with E-state index in [2.05, 4.69) is 41.5 Å². The number of aromatic hydroxyl groups is 2. The van der Waals surface area contributed by atoms with E-state index in [1.807, 2.05) is 38.1 Å². The summed E-state index contributed by atoms with van der Waals surface area (Å²) in [5.41, 5.74) is 5.29. The van der Waals surface area contributed by atoms with Gasteiger partial charge in [-0.3, -0.25) is 0 Å². The first-order valence-electron chi connectivity index (χ1n) is 8.51. The monoisotopic (exact) mass is 326 g/mol. The SMILES string of the molecule is Cc1cc(C(C)(C)C)cc(-c2cc(C(C)(C)C)cc(C)c2O)c1O. The Hall–Kier alpha value is -1.96. The highest BCUT2D eigenvalue weighted by Crippen LogP contribution is 2.43. The summed E-state index contributed by atoms with van der Waals surface area (Å²) in [5.74, 6) is 0.479. The summed E-state index contributed by atoms with van der Waals surface area (Å²) in [6.45, 7) is 16.7. The van der Waals surface area contributed by atoms with E-state index in [1.165, 1.54) is 0 Å². The molecule has 0 saturated heterocycles. The third-order valence-electron chi connectivity index (χ3n) is 4.62. The fraction of sp³-hybridized carbons (Fsp3) is 0.455. The maximum atomic E-state index is 10.6. The second kappa shape index (κ2) is 5.84. The van der Waals surface area contributed by atoms with Gasteiger partial charge in [0.2, 0.25) is 0 Å². The molecular weight excluding hydrogens is 296 g/mol. The van der Waals surface area contributed by atoms with E-state index >= 15 is 0 Å². The lowest BCUT2D eigenvalue weighted by Gasteiger charge is -2.24. The fourth-order valence-corrected chi connectivity index (χ4v) is 2.84. The molecule has 0 radical (unpaired) electrons. The highest BCUT2D eigenvalue weighted by molar-refractivity contribution is 5.79. The van der Waals surface area contributed by atoms with Gasteiger partial charge in [0.1, 0.15) is 11.5 Å². The lowest BCUT2D eigenvalue weighted by atomic mass is 9.81. The summed E-state index contributed by atoms with van der Waals surface area (Å²) in [7, 11) is 0. The van der Waals surface area contributed by atoms with Gasteiger partial charge in [0.05, 0.1) is 0 Å². The van der Waals surface area contributed by atoms with E-state index in [0.29, 0.717) is 11.1 Å². The first-order valence-corrected chi connectivity index (χ1v) is 8.51. The average molecular weight is 326 g/mol. The summed E-state index contributed by atoms with van der Waals surface area (Å²) in [6.07, 6.45) is 0. The molecule has 0 fully saturated rings. The molecule has 0 aliphatic rings. The molecule has 2 nitrogen and oxygen atoms in total. The van der Waals surface area contributed by atoms with E-state index in [1.54, 1.807) is 0 Å². The molecule has 0 spiro atoms. The third kappa shape index (κ3) is 3.43. The molecule has 0 amide bonds. The molecule has 2 rings (SSSR count). The second-order valence-electron chi connectivity index (χ2n) is 8.88. The van der Waals surface area contributed by atoms with Crippen molar-refractivity contribution in [3.63, 3.8) is 0 Å². The fourth-order valence-electron chi connectivity index (χ4n) is 2.84. The number of hydrogen-bond acceptors (Lipinski definition) is 2. The molecule has 0 aromatic heterocycles. The van der Waals surface area contributed by atoms with Crippen molar-refractivity contribution >= 4 is 0 Å². The Morgan fingerprint density at radius 2 is 0.875 bits per heavy atom.